The van der Waals surface area contributed by atoms with Gasteiger partial charge < -0.3 is 9.47 Å². The summed E-state index contributed by atoms with van der Waals surface area (Å²) in [6.07, 6.45) is 0.813. The van der Waals surface area contributed by atoms with Gasteiger partial charge >= 0.3 is 5.97 Å². The lowest BCUT2D eigenvalue weighted by atomic mass is 9.69. The number of hydrogen-bond donors (Lipinski definition) is 0. The molecule has 0 saturated heterocycles. The van der Waals surface area contributed by atoms with E-state index in [0.717, 1.165) is 21.3 Å². The number of Topliss-reactive ketones (excluding diaryl/α,β-unsaturated/α-hetero) is 1. The largest absolute Gasteiger partial charge is 0.496 e. The van der Waals surface area contributed by atoms with Gasteiger partial charge in [-0.05, 0) is 72.3 Å². The Hall–Kier alpha value is -2.73. The first-order valence-electron chi connectivity index (χ1n) is 11.2. The topological polar surface area (TPSA) is 65.0 Å². The van der Waals surface area contributed by atoms with Gasteiger partial charge in [0.05, 0.1) is 17.7 Å². The van der Waals surface area contributed by atoms with Gasteiger partial charge in [-0.15, -0.1) is 0 Å². The first kappa shape index (κ1) is 23.4. The van der Waals surface area contributed by atoms with E-state index in [4.69, 9.17) is 14.5 Å². The molecule has 0 spiro atoms. The van der Waals surface area contributed by atoms with E-state index < -0.39 is 11.8 Å². The Morgan fingerprint density at radius 2 is 1.82 bits per heavy atom. The van der Waals surface area contributed by atoms with Crippen LogP contribution in [0.4, 0.5) is 0 Å². The number of carbonyl (C=O) groups is 2. The second kappa shape index (κ2) is 9.64. The Balaban J connectivity index is 1.82. The zero-order chi connectivity index (χ0) is 23.7. The molecule has 2 aliphatic rings. The fourth-order valence-electron chi connectivity index (χ4n) is 4.87. The lowest BCUT2D eigenvalue weighted by molar-refractivity contribution is -0.150. The summed E-state index contributed by atoms with van der Waals surface area (Å²) in [5.74, 6) is -0.641. The van der Waals surface area contributed by atoms with E-state index in [-0.39, 0.29) is 23.8 Å². The fraction of sp³-hybridized carbons (Fsp3) is 0.370. The molecule has 0 amide bonds. The molecule has 1 aliphatic heterocycles. The molecule has 0 saturated carbocycles. The SMILES string of the molecule is COc1ccc([C@@H]2C3=C(C[C@H](c4ccccc4)CC3=O)N=C(C)C2C(=O)OC(C)C)cc1Br. The van der Waals surface area contributed by atoms with Crippen LogP contribution in [-0.2, 0) is 14.3 Å². The van der Waals surface area contributed by atoms with Crippen LogP contribution in [0.15, 0.2) is 69.3 Å². The van der Waals surface area contributed by atoms with E-state index in [0.29, 0.717) is 29.9 Å². The summed E-state index contributed by atoms with van der Waals surface area (Å²) in [7, 11) is 1.61. The van der Waals surface area contributed by atoms with E-state index in [1.54, 1.807) is 7.11 Å². The summed E-state index contributed by atoms with van der Waals surface area (Å²) >= 11 is 3.56. The van der Waals surface area contributed by atoms with Crippen molar-refractivity contribution in [1.29, 1.82) is 0 Å². The zero-order valence-electron chi connectivity index (χ0n) is 19.3. The van der Waals surface area contributed by atoms with Gasteiger partial charge in [0, 0.05) is 29.3 Å². The molecule has 3 atom stereocenters. The quantitative estimate of drug-likeness (QED) is 0.464. The van der Waals surface area contributed by atoms with Gasteiger partial charge in [0.1, 0.15) is 11.7 Å². The monoisotopic (exact) mass is 509 g/mol. The van der Waals surface area contributed by atoms with E-state index in [2.05, 4.69) is 28.1 Å². The van der Waals surface area contributed by atoms with Crippen LogP contribution in [0.2, 0.25) is 0 Å². The normalized spacial score (nSPS) is 22.7. The number of methoxy groups -OCH3 is 1. The Morgan fingerprint density at radius 3 is 2.45 bits per heavy atom. The fourth-order valence-corrected chi connectivity index (χ4v) is 5.43. The van der Waals surface area contributed by atoms with Crippen LogP contribution in [0.3, 0.4) is 0 Å². The van der Waals surface area contributed by atoms with Gasteiger partial charge in [-0.2, -0.15) is 0 Å². The number of benzene rings is 2. The summed E-state index contributed by atoms with van der Waals surface area (Å²) in [5.41, 5.74) is 4.09. The molecule has 6 heteroatoms. The number of allylic oxidation sites excluding steroid dienone is 2. The van der Waals surface area contributed by atoms with E-state index in [1.807, 2.05) is 57.2 Å². The van der Waals surface area contributed by atoms with Crippen LogP contribution in [0.25, 0.3) is 0 Å². The summed E-state index contributed by atoms with van der Waals surface area (Å²) < 4.78 is 11.8. The van der Waals surface area contributed by atoms with Gasteiger partial charge in [-0.3, -0.25) is 14.6 Å². The number of rotatable bonds is 5. The molecule has 2 aromatic carbocycles. The van der Waals surface area contributed by atoms with Crippen molar-refractivity contribution in [2.24, 2.45) is 10.9 Å². The smallest absolute Gasteiger partial charge is 0.315 e. The molecule has 1 aliphatic carbocycles. The number of halogens is 1. The third-order valence-corrected chi connectivity index (χ3v) is 6.92. The van der Waals surface area contributed by atoms with Crippen LogP contribution < -0.4 is 4.74 Å². The molecular formula is C27H28BrNO4. The number of aliphatic imine (C=N–C) groups is 1. The van der Waals surface area contributed by atoms with Crippen molar-refractivity contribution in [1.82, 2.24) is 0 Å². The van der Waals surface area contributed by atoms with Gasteiger partial charge in [-0.1, -0.05) is 36.4 Å². The Kier molecular flexibility index (Phi) is 6.84. The number of esters is 1. The summed E-state index contributed by atoms with van der Waals surface area (Å²) in [5, 5.41) is 0. The van der Waals surface area contributed by atoms with Crippen molar-refractivity contribution in [3.63, 3.8) is 0 Å². The van der Waals surface area contributed by atoms with Crippen LogP contribution in [0.5, 0.6) is 5.75 Å². The molecular weight excluding hydrogens is 482 g/mol. The highest BCUT2D eigenvalue weighted by atomic mass is 79.9. The van der Waals surface area contributed by atoms with Crippen molar-refractivity contribution < 1.29 is 19.1 Å². The third kappa shape index (κ3) is 4.67. The second-order valence-electron chi connectivity index (χ2n) is 8.89. The predicted octanol–water partition coefficient (Wildman–Crippen LogP) is 5.98. The molecule has 0 N–H and O–H groups in total. The molecule has 1 heterocycles. The highest BCUT2D eigenvalue weighted by Crippen LogP contribution is 2.47. The van der Waals surface area contributed by atoms with E-state index in [9.17, 15) is 9.59 Å². The highest BCUT2D eigenvalue weighted by molar-refractivity contribution is 9.10. The van der Waals surface area contributed by atoms with Gasteiger partial charge in [0.2, 0.25) is 0 Å². The maximum Gasteiger partial charge on any atom is 0.315 e. The van der Waals surface area contributed by atoms with E-state index in [1.165, 1.54) is 0 Å². The molecule has 172 valence electrons. The molecule has 0 radical (unpaired) electrons. The molecule has 2 aromatic rings. The number of carbonyl (C=O) groups excluding carboxylic acids is 2. The highest BCUT2D eigenvalue weighted by Gasteiger charge is 2.45. The van der Waals surface area contributed by atoms with Crippen molar-refractivity contribution in [2.75, 3.05) is 7.11 Å². The van der Waals surface area contributed by atoms with Crippen LogP contribution in [-0.4, -0.2) is 30.7 Å². The minimum absolute atomic E-state index is 0.0423. The molecule has 0 bridgehead atoms. The second-order valence-corrected chi connectivity index (χ2v) is 9.74. The van der Waals surface area contributed by atoms with E-state index >= 15 is 0 Å². The maximum atomic E-state index is 13.6. The summed E-state index contributed by atoms with van der Waals surface area (Å²) in [4.78, 5) is 31.6. The van der Waals surface area contributed by atoms with Crippen molar-refractivity contribution in [3.8, 4) is 5.75 Å². The number of ketones is 1. The van der Waals surface area contributed by atoms with Crippen molar-refractivity contribution in [3.05, 3.63) is 75.4 Å². The summed E-state index contributed by atoms with van der Waals surface area (Å²) in [6.45, 7) is 5.51. The maximum absolute atomic E-state index is 13.6. The lowest BCUT2D eigenvalue weighted by Crippen LogP contribution is -2.38. The van der Waals surface area contributed by atoms with Crippen LogP contribution >= 0.6 is 15.9 Å². The number of ether oxygens (including phenoxy) is 2. The Labute approximate surface area is 203 Å². The van der Waals surface area contributed by atoms with Gasteiger partial charge in [-0.25, -0.2) is 0 Å². The molecule has 0 aromatic heterocycles. The standard InChI is InChI=1S/C27H28BrNO4/c1-15(2)33-27(31)24-16(3)29-21-13-19(17-8-6-5-7-9-17)14-22(30)26(21)25(24)18-10-11-23(32-4)20(28)12-18/h5-12,15,19,24-25H,13-14H2,1-4H3/t19-,24?,25-/m0/s1. The van der Waals surface area contributed by atoms with Gasteiger partial charge in [0.15, 0.2) is 5.78 Å². The minimum atomic E-state index is -0.649. The van der Waals surface area contributed by atoms with Crippen molar-refractivity contribution >= 4 is 33.4 Å². The molecule has 0 fully saturated rings. The van der Waals surface area contributed by atoms with Crippen LogP contribution in [0, 0.1) is 5.92 Å². The Morgan fingerprint density at radius 1 is 1.09 bits per heavy atom. The summed E-state index contributed by atoms with van der Waals surface area (Å²) in [6, 6.07) is 15.8. The molecule has 33 heavy (non-hydrogen) atoms. The molecule has 4 rings (SSSR count). The minimum Gasteiger partial charge on any atom is -0.496 e. The predicted molar refractivity (Wildman–Crippen MR) is 132 cm³/mol. The van der Waals surface area contributed by atoms with Crippen molar-refractivity contribution in [2.45, 2.75) is 51.6 Å². The van der Waals surface area contributed by atoms with Gasteiger partial charge in [0.25, 0.3) is 0 Å². The average Bonchev–Trinajstić information content (AvgIpc) is 2.78. The first-order valence-corrected chi connectivity index (χ1v) is 12.0. The number of hydrogen-bond acceptors (Lipinski definition) is 5. The third-order valence-electron chi connectivity index (χ3n) is 6.30. The van der Waals surface area contributed by atoms with Crippen LogP contribution in [0.1, 0.15) is 56.6 Å². The Bertz CT molecular complexity index is 1140. The zero-order valence-corrected chi connectivity index (χ0v) is 20.9. The number of nitrogens with zero attached hydrogens (tertiary/aromatic N) is 1. The molecule has 1 unspecified atom stereocenters. The average molecular weight is 510 g/mol. The lowest BCUT2D eigenvalue weighted by Gasteiger charge is -2.37. The molecule has 5 nitrogen and oxygen atoms in total. The first-order chi connectivity index (χ1) is 15.8.